The zero-order valence-corrected chi connectivity index (χ0v) is 16.8. The summed E-state index contributed by atoms with van der Waals surface area (Å²) in [6.07, 6.45) is -11.1. The molecule has 0 radical (unpaired) electrons. The summed E-state index contributed by atoms with van der Waals surface area (Å²) < 4.78 is 17.1. The number of phenols is 4. The maximum atomic E-state index is 11.0. The molecule has 0 aliphatic carbocycles. The van der Waals surface area contributed by atoms with Crippen molar-refractivity contribution >= 4 is 0 Å². The van der Waals surface area contributed by atoms with E-state index in [1.165, 1.54) is 31.2 Å². The predicted octanol–water partition coefficient (Wildman–Crippen LogP) is -0.111. The van der Waals surface area contributed by atoms with E-state index < -0.39 is 66.3 Å². The average Bonchev–Trinajstić information content (AvgIpc) is 2.73. The molecule has 3 unspecified atom stereocenters. The standard InChI is InChI=1S/C21H24O11/c1-7-15(26)17(28)18(29)21(30-7)32-20-16(27)14-12(25)5-9(22)6-13(14)31-19(20)8-2-3-10(23)11(24)4-8/h2-7,15-29H,1H3/t7?,15-,16?,17?,18-,19+,20-,21-/m0/s1. The molecule has 11 heteroatoms. The van der Waals surface area contributed by atoms with E-state index in [0.717, 1.165) is 6.07 Å². The molecule has 2 aromatic rings. The van der Waals surface area contributed by atoms with Crippen molar-refractivity contribution in [1.29, 1.82) is 0 Å². The molecule has 4 rings (SSSR count). The van der Waals surface area contributed by atoms with Crippen LogP contribution in [0.4, 0.5) is 0 Å². The van der Waals surface area contributed by atoms with E-state index in [1.807, 2.05) is 0 Å². The first kappa shape index (κ1) is 22.4. The summed E-state index contributed by atoms with van der Waals surface area (Å²) in [7, 11) is 0. The fraction of sp³-hybridized carbons (Fsp3) is 0.429. The second-order valence-electron chi connectivity index (χ2n) is 7.89. The number of benzene rings is 2. The summed E-state index contributed by atoms with van der Waals surface area (Å²) in [4.78, 5) is 0. The van der Waals surface area contributed by atoms with Gasteiger partial charge in [0.05, 0.1) is 11.7 Å². The summed E-state index contributed by atoms with van der Waals surface area (Å²) >= 11 is 0. The first-order valence-corrected chi connectivity index (χ1v) is 9.86. The third-order valence-electron chi connectivity index (χ3n) is 5.69. The summed E-state index contributed by atoms with van der Waals surface area (Å²) in [6.45, 7) is 1.46. The van der Waals surface area contributed by atoms with Gasteiger partial charge in [0, 0.05) is 12.1 Å². The molecule has 8 N–H and O–H groups in total. The van der Waals surface area contributed by atoms with Crippen molar-refractivity contribution in [2.24, 2.45) is 0 Å². The van der Waals surface area contributed by atoms with Gasteiger partial charge in [0.2, 0.25) is 0 Å². The monoisotopic (exact) mass is 452 g/mol. The van der Waals surface area contributed by atoms with Crippen molar-refractivity contribution in [3.8, 4) is 28.7 Å². The van der Waals surface area contributed by atoms with Crippen molar-refractivity contribution in [1.82, 2.24) is 0 Å². The van der Waals surface area contributed by atoms with Crippen LogP contribution in [-0.2, 0) is 9.47 Å². The van der Waals surface area contributed by atoms with Crippen LogP contribution in [0.25, 0.3) is 0 Å². The molecule has 0 amide bonds. The highest BCUT2D eigenvalue weighted by Gasteiger charge is 2.48. The molecule has 11 nitrogen and oxygen atoms in total. The Kier molecular flexibility index (Phi) is 5.79. The van der Waals surface area contributed by atoms with Crippen LogP contribution in [0.15, 0.2) is 30.3 Å². The first-order valence-electron chi connectivity index (χ1n) is 9.86. The summed E-state index contributed by atoms with van der Waals surface area (Å²) in [5.74, 6) is -1.71. The Morgan fingerprint density at radius 2 is 1.53 bits per heavy atom. The molecular weight excluding hydrogens is 428 g/mol. The van der Waals surface area contributed by atoms with Gasteiger partial charge in [0.1, 0.15) is 47.8 Å². The second kappa shape index (κ2) is 8.28. The molecule has 1 saturated heterocycles. The Labute approximate surface area is 181 Å². The van der Waals surface area contributed by atoms with Gasteiger partial charge in [-0.2, -0.15) is 0 Å². The van der Waals surface area contributed by atoms with Gasteiger partial charge in [-0.3, -0.25) is 0 Å². The highest BCUT2D eigenvalue weighted by Crippen LogP contribution is 2.49. The van der Waals surface area contributed by atoms with Gasteiger partial charge >= 0.3 is 0 Å². The van der Waals surface area contributed by atoms with E-state index in [4.69, 9.17) is 14.2 Å². The van der Waals surface area contributed by atoms with Crippen LogP contribution in [0.3, 0.4) is 0 Å². The fourth-order valence-electron chi connectivity index (χ4n) is 3.93. The van der Waals surface area contributed by atoms with Gasteiger partial charge in [-0.05, 0) is 24.6 Å². The molecule has 32 heavy (non-hydrogen) atoms. The van der Waals surface area contributed by atoms with E-state index >= 15 is 0 Å². The number of hydrogen-bond acceptors (Lipinski definition) is 11. The predicted molar refractivity (Wildman–Crippen MR) is 105 cm³/mol. The van der Waals surface area contributed by atoms with Crippen LogP contribution < -0.4 is 4.74 Å². The van der Waals surface area contributed by atoms with E-state index in [0.29, 0.717) is 0 Å². The van der Waals surface area contributed by atoms with Crippen molar-refractivity contribution < 1.29 is 55.1 Å². The van der Waals surface area contributed by atoms with Crippen LogP contribution in [0.5, 0.6) is 28.7 Å². The molecule has 0 saturated carbocycles. The zero-order chi connectivity index (χ0) is 23.3. The summed E-state index contributed by atoms with van der Waals surface area (Å²) in [5, 5.41) is 81.0. The summed E-state index contributed by atoms with van der Waals surface area (Å²) in [5.41, 5.74) is 0.155. The van der Waals surface area contributed by atoms with Crippen LogP contribution in [0.2, 0.25) is 0 Å². The van der Waals surface area contributed by atoms with Crippen molar-refractivity contribution in [2.75, 3.05) is 0 Å². The Balaban J connectivity index is 1.74. The molecule has 2 aromatic carbocycles. The average molecular weight is 452 g/mol. The third-order valence-corrected chi connectivity index (χ3v) is 5.69. The number of hydrogen-bond donors (Lipinski definition) is 8. The minimum absolute atomic E-state index is 0.0543. The highest BCUT2D eigenvalue weighted by atomic mass is 16.7. The number of aliphatic hydroxyl groups excluding tert-OH is 4. The number of aliphatic hydroxyl groups is 4. The highest BCUT2D eigenvalue weighted by molar-refractivity contribution is 5.53. The number of phenolic OH excluding ortho intramolecular Hbond substituents is 4. The number of aromatic hydroxyl groups is 4. The van der Waals surface area contributed by atoms with Crippen molar-refractivity contribution in [2.45, 2.75) is 55.9 Å². The quantitative estimate of drug-likeness (QED) is 0.290. The SMILES string of the molecule is CC1O[C@@H](O[C@H]2C(O)c3c(O)cc(O)cc3O[C@@H]2c2ccc(O)c(O)c2)[C@@H](O)C(O)[C@H]1O. The van der Waals surface area contributed by atoms with Gasteiger partial charge < -0.3 is 55.1 Å². The Hall–Kier alpha value is -2.80. The minimum Gasteiger partial charge on any atom is -0.508 e. The molecule has 0 aromatic heterocycles. The Morgan fingerprint density at radius 3 is 2.22 bits per heavy atom. The molecular formula is C21H24O11. The molecule has 2 aliphatic heterocycles. The van der Waals surface area contributed by atoms with E-state index in [9.17, 15) is 40.9 Å². The molecule has 0 bridgehead atoms. The molecule has 2 aliphatic rings. The van der Waals surface area contributed by atoms with Gasteiger partial charge in [0.25, 0.3) is 0 Å². The maximum Gasteiger partial charge on any atom is 0.187 e. The van der Waals surface area contributed by atoms with E-state index in [1.54, 1.807) is 0 Å². The van der Waals surface area contributed by atoms with Crippen LogP contribution in [-0.4, -0.2) is 77.7 Å². The maximum absolute atomic E-state index is 11.0. The van der Waals surface area contributed by atoms with Gasteiger partial charge in [-0.25, -0.2) is 0 Å². The lowest BCUT2D eigenvalue weighted by Crippen LogP contribution is -2.58. The largest absolute Gasteiger partial charge is 0.508 e. The Morgan fingerprint density at radius 1 is 0.812 bits per heavy atom. The van der Waals surface area contributed by atoms with E-state index in [-0.39, 0.29) is 22.6 Å². The lowest BCUT2D eigenvalue weighted by atomic mass is 9.90. The van der Waals surface area contributed by atoms with Crippen molar-refractivity contribution in [3.05, 3.63) is 41.5 Å². The van der Waals surface area contributed by atoms with Crippen LogP contribution in [0, 0.1) is 0 Å². The van der Waals surface area contributed by atoms with Crippen LogP contribution >= 0.6 is 0 Å². The zero-order valence-electron chi connectivity index (χ0n) is 16.8. The minimum atomic E-state index is -1.67. The van der Waals surface area contributed by atoms with E-state index in [2.05, 4.69) is 0 Å². The first-order chi connectivity index (χ1) is 15.1. The third kappa shape index (κ3) is 3.79. The number of rotatable bonds is 3. The second-order valence-corrected chi connectivity index (χ2v) is 7.89. The topological polar surface area (TPSA) is 190 Å². The molecule has 0 spiro atoms. The van der Waals surface area contributed by atoms with Gasteiger partial charge in [-0.15, -0.1) is 0 Å². The lowest BCUT2D eigenvalue weighted by Gasteiger charge is -2.43. The molecule has 174 valence electrons. The molecule has 1 fully saturated rings. The normalized spacial score (nSPS) is 34.5. The Bertz CT molecular complexity index is 996. The van der Waals surface area contributed by atoms with Crippen LogP contribution in [0.1, 0.15) is 30.3 Å². The molecule has 8 atom stereocenters. The van der Waals surface area contributed by atoms with Gasteiger partial charge in [-0.1, -0.05) is 6.07 Å². The summed E-state index contributed by atoms with van der Waals surface area (Å²) in [6, 6.07) is 5.95. The lowest BCUT2D eigenvalue weighted by molar-refractivity contribution is -0.319. The number of ether oxygens (including phenoxy) is 3. The molecule has 2 heterocycles. The smallest absolute Gasteiger partial charge is 0.187 e. The van der Waals surface area contributed by atoms with Crippen molar-refractivity contribution in [3.63, 3.8) is 0 Å². The number of fused-ring (bicyclic) bond motifs is 1. The fourth-order valence-corrected chi connectivity index (χ4v) is 3.93. The van der Waals surface area contributed by atoms with Gasteiger partial charge in [0.15, 0.2) is 23.9 Å².